The molecule has 1 N–H and O–H groups in total. The van der Waals surface area contributed by atoms with Crippen LogP contribution in [0.25, 0.3) is 10.9 Å². The van der Waals surface area contributed by atoms with Crippen LogP contribution in [0, 0.1) is 0 Å². The number of nitrogens with zero attached hydrogens (tertiary/aromatic N) is 1. The molecule has 30 heavy (non-hydrogen) atoms. The maximum absolute atomic E-state index is 13.0. The number of rotatable bonds is 7. The van der Waals surface area contributed by atoms with Crippen molar-refractivity contribution in [3.8, 4) is 0 Å². The van der Waals surface area contributed by atoms with Crippen LogP contribution in [-0.2, 0) is 18.4 Å². The Morgan fingerprint density at radius 1 is 0.900 bits per heavy atom. The van der Waals surface area contributed by atoms with E-state index in [9.17, 15) is 4.79 Å². The van der Waals surface area contributed by atoms with Crippen LogP contribution in [0.4, 0.5) is 0 Å². The number of hydrogen-bond acceptors (Lipinski definition) is 1. The summed E-state index contributed by atoms with van der Waals surface area (Å²) in [4.78, 5) is 13.0. The highest BCUT2D eigenvalue weighted by atomic mass is 16.1. The number of carbonyl (C=O) groups is 1. The molecule has 0 fully saturated rings. The van der Waals surface area contributed by atoms with Crippen molar-refractivity contribution in [3.05, 3.63) is 108 Å². The van der Waals surface area contributed by atoms with E-state index in [0.717, 1.165) is 5.56 Å². The molecule has 3 aromatic carbocycles. The molecule has 0 saturated heterocycles. The summed E-state index contributed by atoms with van der Waals surface area (Å²) in [5.74, 6) is 0.397. The Bertz CT molecular complexity index is 1120. The molecular weight excluding hydrogens is 368 g/mol. The second-order valence-electron chi connectivity index (χ2n) is 7.98. The summed E-state index contributed by atoms with van der Waals surface area (Å²) in [5, 5.41) is 4.34. The molecule has 0 unspecified atom stereocenters. The molecule has 0 aliphatic heterocycles. The van der Waals surface area contributed by atoms with Gasteiger partial charge in [0.25, 0.3) is 0 Å². The van der Waals surface area contributed by atoms with E-state index in [-0.39, 0.29) is 17.7 Å². The van der Waals surface area contributed by atoms with Crippen LogP contribution >= 0.6 is 0 Å². The van der Waals surface area contributed by atoms with Crippen LogP contribution in [0.2, 0.25) is 0 Å². The lowest BCUT2D eigenvalue weighted by Crippen LogP contribution is -2.26. The minimum atomic E-state index is 0.0829. The number of para-hydroxylation sites is 1. The lowest BCUT2D eigenvalue weighted by molar-refractivity contribution is -0.121. The first-order chi connectivity index (χ1) is 14.6. The predicted molar refractivity (Wildman–Crippen MR) is 123 cm³/mol. The molecule has 4 aromatic rings. The predicted octanol–water partition coefficient (Wildman–Crippen LogP) is 5.77. The quantitative estimate of drug-likeness (QED) is 0.423. The Balaban J connectivity index is 1.62. The Morgan fingerprint density at radius 3 is 2.27 bits per heavy atom. The molecule has 3 heteroatoms. The van der Waals surface area contributed by atoms with Crippen LogP contribution in [0.1, 0.15) is 41.9 Å². The van der Waals surface area contributed by atoms with Gasteiger partial charge in [-0.05, 0) is 28.7 Å². The van der Waals surface area contributed by atoms with E-state index in [0.29, 0.717) is 13.0 Å². The van der Waals surface area contributed by atoms with Crippen molar-refractivity contribution in [2.24, 2.45) is 7.05 Å². The van der Waals surface area contributed by atoms with Gasteiger partial charge in [0.15, 0.2) is 0 Å². The van der Waals surface area contributed by atoms with Gasteiger partial charge in [-0.1, -0.05) is 85.8 Å². The van der Waals surface area contributed by atoms with Gasteiger partial charge in [-0.25, -0.2) is 0 Å². The zero-order chi connectivity index (χ0) is 20.9. The van der Waals surface area contributed by atoms with Crippen molar-refractivity contribution < 1.29 is 4.79 Å². The third-order valence-electron chi connectivity index (χ3n) is 5.99. The van der Waals surface area contributed by atoms with Gasteiger partial charge in [-0.3, -0.25) is 4.79 Å². The number of aromatic nitrogens is 1. The Labute approximate surface area is 178 Å². The molecule has 2 atom stereocenters. The fraction of sp³-hybridized carbons (Fsp3) is 0.222. The number of carbonyl (C=O) groups excluding carboxylic acids is 1. The van der Waals surface area contributed by atoms with E-state index in [2.05, 4.69) is 78.6 Å². The van der Waals surface area contributed by atoms with Crippen molar-refractivity contribution in [2.75, 3.05) is 0 Å². The normalized spacial score (nSPS) is 13.1. The van der Waals surface area contributed by atoms with Gasteiger partial charge < -0.3 is 9.88 Å². The molecule has 1 aromatic heterocycles. The minimum absolute atomic E-state index is 0.0829. The highest BCUT2D eigenvalue weighted by Crippen LogP contribution is 2.39. The average molecular weight is 397 g/mol. The smallest absolute Gasteiger partial charge is 0.220 e. The molecule has 0 spiro atoms. The van der Waals surface area contributed by atoms with E-state index in [1.807, 2.05) is 36.4 Å². The lowest BCUT2D eigenvalue weighted by Gasteiger charge is -2.24. The van der Waals surface area contributed by atoms with Crippen LogP contribution < -0.4 is 5.32 Å². The number of nitrogens with one attached hydrogen (secondary N) is 1. The number of fused-ring (bicyclic) bond motifs is 1. The van der Waals surface area contributed by atoms with E-state index < -0.39 is 0 Å². The molecule has 152 valence electrons. The summed E-state index contributed by atoms with van der Waals surface area (Å²) in [6.45, 7) is 2.79. The first kappa shape index (κ1) is 20.0. The summed E-state index contributed by atoms with van der Waals surface area (Å²) < 4.78 is 2.16. The standard InChI is InChI=1S/C27H28N2O/c1-20(22-13-7-4-8-14-22)24(17-27(30)28-18-21-11-5-3-6-12-21)25-19-29(2)26-16-10-9-15-23(25)26/h3-16,19-20,24H,17-18H2,1-2H3,(H,28,30)/t20-,24+/m0/s1. The van der Waals surface area contributed by atoms with Gasteiger partial charge in [-0.2, -0.15) is 0 Å². The van der Waals surface area contributed by atoms with Crippen LogP contribution in [0.3, 0.4) is 0 Å². The van der Waals surface area contributed by atoms with E-state index in [1.54, 1.807) is 0 Å². The molecule has 0 saturated carbocycles. The van der Waals surface area contributed by atoms with Gasteiger partial charge in [0, 0.05) is 43.0 Å². The van der Waals surface area contributed by atoms with Gasteiger partial charge in [0.2, 0.25) is 5.91 Å². The number of amides is 1. The fourth-order valence-corrected chi connectivity index (χ4v) is 4.28. The maximum atomic E-state index is 13.0. The third kappa shape index (κ3) is 4.30. The largest absolute Gasteiger partial charge is 0.352 e. The van der Waals surface area contributed by atoms with Crippen molar-refractivity contribution in [1.29, 1.82) is 0 Å². The van der Waals surface area contributed by atoms with Gasteiger partial charge in [0.05, 0.1) is 0 Å². The summed E-state index contributed by atoms with van der Waals surface area (Å²) in [6.07, 6.45) is 2.65. The lowest BCUT2D eigenvalue weighted by atomic mass is 9.80. The second-order valence-corrected chi connectivity index (χ2v) is 7.98. The first-order valence-corrected chi connectivity index (χ1v) is 10.5. The first-order valence-electron chi connectivity index (χ1n) is 10.5. The molecule has 0 aliphatic rings. The van der Waals surface area contributed by atoms with Crippen LogP contribution in [0.15, 0.2) is 91.1 Å². The molecule has 0 radical (unpaired) electrons. The van der Waals surface area contributed by atoms with Gasteiger partial charge in [0.1, 0.15) is 0 Å². The van der Waals surface area contributed by atoms with E-state index >= 15 is 0 Å². The molecular formula is C27H28N2O. The van der Waals surface area contributed by atoms with Crippen molar-refractivity contribution in [3.63, 3.8) is 0 Å². The average Bonchev–Trinajstić information content (AvgIpc) is 3.13. The highest BCUT2D eigenvalue weighted by molar-refractivity contribution is 5.86. The topological polar surface area (TPSA) is 34.0 Å². The minimum Gasteiger partial charge on any atom is -0.352 e. The maximum Gasteiger partial charge on any atom is 0.220 e. The fourth-order valence-electron chi connectivity index (χ4n) is 4.28. The number of benzene rings is 3. The zero-order valence-corrected chi connectivity index (χ0v) is 17.6. The second kappa shape index (κ2) is 9.00. The highest BCUT2D eigenvalue weighted by Gasteiger charge is 2.26. The number of hydrogen-bond donors (Lipinski definition) is 1. The Morgan fingerprint density at radius 2 is 1.53 bits per heavy atom. The van der Waals surface area contributed by atoms with Crippen molar-refractivity contribution in [1.82, 2.24) is 9.88 Å². The van der Waals surface area contributed by atoms with Crippen molar-refractivity contribution >= 4 is 16.8 Å². The molecule has 4 rings (SSSR count). The Kier molecular flexibility index (Phi) is 5.99. The summed E-state index contributed by atoms with van der Waals surface area (Å²) in [6, 6.07) is 29.0. The monoisotopic (exact) mass is 396 g/mol. The van der Waals surface area contributed by atoms with E-state index in [4.69, 9.17) is 0 Å². The summed E-state index contributed by atoms with van der Waals surface area (Å²) >= 11 is 0. The number of aryl methyl sites for hydroxylation is 1. The zero-order valence-electron chi connectivity index (χ0n) is 17.6. The molecule has 0 aliphatic carbocycles. The summed E-state index contributed by atoms with van der Waals surface area (Å²) in [5.41, 5.74) is 4.80. The molecule has 0 bridgehead atoms. The SMILES string of the molecule is C[C@@H](c1ccccc1)[C@@H](CC(=O)NCc1ccccc1)c1cn(C)c2ccccc12. The third-order valence-corrected chi connectivity index (χ3v) is 5.99. The van der Waals surface area contributed by atoms with Gasteiger partial charge in [-0.15, -0.1) is 0 Å². The van der Waals surface area contributed by atoms with Crippen molar-refractivity contribution in [2.45, 2.75) is 31.7 Å². The van der Waals surface area contributed by atoms with Crippen LogP contribution in [0.5, 0.6) is 0 Å². The molecule has 1 heterocycles. The molecule has 1 amide bonds. The van der Waals surface area contributed by atoms with Gasteiger partial charge >= 0.3 is 0 Å². The summed E-state index contributed by atoms with van der Waals surface area (Å²) in [7, 11) is 2.07. The van der Waals surface area contributed by atoms with Crippen LogP contribution in [-0.4, -0.2) is 10.5 Å². The van der Waals surface area contributed by atoms with E-state index in [1.165, 1.54) is 22.0 Å². The Hall–Kier alpha value is -3.33. The molecule has 3 nitrogen and oxygen atoms in total.